The fourth-order valence-electron chi connectivity index (χ4n) is 0.679. The van der Waals surface area contributed by atoms with Crippen LogP contribution in [-0.4, -0.2) is 16.1 Å². The molecular formula is C9H13NO2. The fraction of sp³-hybridized carbons (Fsp3) is 0.333. The maximum atomic E-state index is 9.00. The zero-order chi connectivity index (χ0) is 9.56. The Hall–Kier alpha value is -1.38. The summed E-state index contributed by atoms with van der Waals surface area (Å²) in [6.45, 7) is 5.07. The minimum atomic E-state index is -0.833. The zero-order valence-corrected chi connectivity index (χ0v) is 7.53. The van der Waals surface area contributed by atoms with E-state index in [1.165, 1.54) is 0 Å². The summed E-state index contributed by atoms with van der Waals surface area (Å²) in [6, 6.07) is 6.00. The van der Waals surface area contributed by atoms with Gasteiger partial charge in [-0.15, -0.1) is 0 Å². The van der Waals surface area contributed by atoms with E-state index in [0.29, 0.717) is 0 Å². The predicted octanol–water partition coefficient (Wildman–Crippen LogP) is 1.79. The Kier molecular flexibility index (Phi) is 4.69. The summed E-state index contributed by atoms with van der Waals surface area (Å²) in [5.74, 6) is -0.833. The number of aromatic nitrogens is 1. The number of hydrogen-bond acceptors (Lipinski definition) is 2. The summed E-state index contributed by atoms with van der Waals surface area (Å²) in [5, 5.41) is 7.42. The van der Waals surface area contributed by atoms with E-state index in [1.54, 1.807) is 0 Å². The molecule has 0 saturated carbocycles. The fourth-order valence-corrected chi connectivity index (χ4v) is 0.679. The van der Waals surface area contributed by atoms with E-state index in [9.17, 15) is 0 Å². The predicted molar refractivity (Wildman–Crippen MR) is 47.0 cm³/mol. The monoisotopic (exact) mass is 167 g/mol. The number of nitrogens with zero attached hydrogens (tertiary/aromatic N) is 1. The Balaban J connectivity index is 0.000000261. The molecule has 0 bridgehead atoms. The van der Waals surface area contributed by atoms with Crippen LogP contribution in [-0.2, 0) is 4.79 Å². The molecule has 1 rings (SSSR count). The molecule has 0 aliphatic rings. The van der Waals surface area contributed by atoms with E-state index in [4.69, 9.17) is 9.90 Å². The van der Waals surface area contributed by atoms with Gasteiger partial charge in [0.05, 0.1) is 0 Å². The van der Waals surface area contributed by atoms with E-state index in [1.807, 2.05) is 32.0 Å². The highest BCUT2D eigenvalue weighted by molar-refractivity contribution is 5.62. The minimum Gasteiger partial charge on any atom is -0.481 e. The van der Waals surface area contributed by atoms with Gasteiger partial charge in [-0.25, -0.2) is 0 Å². The lowest BCUT2D eigenvalue weighted by molar-refractivity contribution is -0.134. The molecule has 0 fully saturated rings. The van der Waals surface area contributed by atoms with E-state index < -0.39 is 5.97 Å². The number of carbonyl (C=O) groups is 1. The summed E-state index contributed by atoms with van der Waals surface area (Å²) in [4.78, 5) is 13.2. The van der Waals surface area contributed by atoms with Gasteiger partial charge in [-0.3, -0.25) is 9.78 Å². The van der Waals surface area contributed by atoms with Crippen LogP contribution in [0.25, 0.3) is 0 Å². The zero-order valence-electron chi connectivity index (χ0n) is 7.53. The molecule has 0 atom stereocenters. The van der Waals surface area contributed by atoms with E-state index in [-0.39, 0.29) is 0 Å². The van der Waals surface area contributed by atoms with Gasteiger partial charge in [-0.2, -0.15) is 0 Å². The van der Waals surface area contributed by atoms with Crippen molar-refractivity contribution in [1.82, 2.24) is 4.98 Å². The van der Waals surface area contributed by atoms with Crippen LogP contribution in [0.4, 0.5) is 0 Å². The molecule has 0 aliphatic carbocycles. The average Bonchev–Trinajstić information content (AvgIpc) is 1.84. The Bertz CT molecular complexity index is 237. The summed E-state index contributed by atoms with van der Waals surface area (Å²) >= 11 is 0. The van der Waals surface area contributed by atoms with Crippen LogP contribution < -0.4 is 0 Å². The number of carboxylic acids is 1. The van der Waals surface area contributed by atoms with Gasteiger partial charge in [-0.1, -0.05) is 6.07 Å². The standard InChI is InChI=1S/C7H9N.C2H4O2/c1-6-4-3-5-7(2)8-6;1-2(3)4/h3-5H,1-2H3;1H3,(H,3,4). The van der Waals surface area contributed by atoms with Crippen molar-refractivity contribution in [2.45, 2.75) is 20.8 Å². The van der Waals surface area contributed by atoms with Crippen molar-refractivity contribution in [3.63, 3.8) is 0 Å². The first-order chi connectivity index (χ1) is 5.52. The van der Waals surface area contributed by atoms with Crippen LogP contribution in [0.3, 0.4) is 0 Å². The molecule has 12 heavy (non-hydrogen) atoms. The van der Waals surface area contributed by atoms with Crippen LogP contribution in [0.1, 0.15) is 18.3 Å². The molecule has 0 aliphatic heterocycles. The van der Waals surface area contributed by atoms with Gasteiger partial charge in [0.1, 0.15) is 0 Å². The van der Waals surface area contributed by atoms with E-state index in [2.05, 4.69) is 4.98 Å². The number of rotatable bonds is 0. The molecule has 1 N–H and O–H groups in total. The maximum Gasteiger partial charge on any atom is 0.300 e. The molecule has 3 heteroatoms. The SMILES string of the molecule is CC(=O)O.Cc1cccc(C)n1. The molecule has 1 aromatic rings. The topological polar surface area (TPSA) is 50.2 Å². The lowest BCUT2D eigenvalue weighted by atomic mass is 10.3. The third kappa shape index (κ3) is 6.74. The van der Waals surface area contributed by atoms with E-state index in [0.717, 1.165) is 18.3 Å². The highest BCUT2D eigenvalue weighted by atomic mass is 16.4. The molecule has 66 valence electrons. The molecule has 1 aromatic heterocycles. The Labute approximate surface area is 72.1 Å². The maximum absolute atomic E-state index is 9.00. The lowest BCUT2D eigenvalue weighted by Gasteiger charge is -1.90. The van der Waals surface area contributed by atoms with Gasteiger partial charge in [0.25, 0.3) is 5.97 Å². The van der Waals surface area contributed by atoms with Crippen LogP contribution in [0, 0.1) is 13.8 Å². The molecule has 0 unspecified atom stereocenters. The van der Waals surface area contributed by atoms with Crippen molar-refractivity contribution in [3.8, 4) is 0 Å². The first kappa shape index (κ1) is 10.6. The van der Waals surface area contributed by atoms with Crippen molar-refractivity contribution < 1.29 is 9.90 Å². The van der Waals surface area contributed by atoms with Crippen LogP contribution in [0.2, 0.25) is 0 Å². The summed E-state index contributed by atoms with van der Waals surface area (Å²) < 4.78 is 0. The summed E-state index contributed by atoms with van der Waals surface area (Å²) in [6.07, 6.45) is 0. The van der Waals surface area contributed by atoms with Crippen LogP contribution >= 0.6 is 0 Å². The van der Waals surface area contributed by atoms with E-state index >= 15 is 0 Å². The Morgan fingerprint density at radius 2 is 1.67 bits per heavy atom. The Morgan fingerprint density at radius 3 is 1.83 bits per heavy atom. The van der Waals surface area contributed by atoms with Crippen LogP contribution in [0.5, 0.6) is 0 Å². The van der Waals surface area contributed by atoms with Gasteiger partial charge < -0.3 is 5.11 Å². The molecule has 0 amide bonds. The normalized spacial score (nSPS) is 8.25. The number of pyridine rings is 1. The summed E-state index contributed by atoms with van der Waals surface area (Å²) in [7, 11) is 0. The Morgan fingerprint density at radius 1 is 1.33 bits per heavy atom. The van der Waals surface area contributed by atoms with Crippen molar-refractivity contribution in [2.24, 2.45) is 0 Å². The van der Waals surface area contributed by atoms with Gasteiger partial charge >= 0.3 is 0 Å². The lowest BCUT2D eigenvalue weighted by Crippen LogP contribution is -1.81. The van der Waals surface area contributed by atoms with Gasteiger partial charge in [0.15, 0.2) is 0 Å². The molecule has 0 spiro atoms. The highest BCUT2D eigenvalue weighted by Gasteiger charge is 1.82. The highest BCUT2D eigenvalue weighted by Crippen LogP contribution is 1.93. The van der Waals surface area contributed by atoms with Crippen LogP contribution in [0.15, 0.2) is 18.2 Å². The summed E-state index contributed by atoms with van der Waals surface area (Å²) in [5.41, 5.74) is 2.18. The number of aryl methyl sites for hydroxylation is 2. The number of carboxylic acid groups (broad SMARTS) is 1. The van der Waals surface area contributed by atoms with Crippen molar-refractivity contribution >= 4 is 5.97 Å². The average molecular weight is 167 g/mol. The quantitative estimate of drug-likeness (QED) is 0.640. The third-order valence-corrected chi connectivity index (χ3v) is 1.03. The third-order valence-electron chi connectivity index (χ3n) is 1.03. The number of hydrogen-bond donors (Lipinski definition) is 1. The van der Waals surface area contributed by atoms with Gasteiger partial charge in [-0.05, 0) is 26.0 Å². The molecule has 0 saturated heterocycles. The number of aliphatic carboxylic acids is 1. The largest absolute Gasteiger partial charge is 0.481 e. The second kappa shape index (κ2) is 5.29. The molecule has 1 heterocycles. The van der Waals surface area contributed by atoms with Crippen molar-refractivity contribution in [3.05, 3.63) is 29.6 Å². The molecular weight excluding hydrogens is 154 g/mol. The van der Waals surface area contributed by atoms with Gasteiger partial charge in [0, 0.05) is 18.3 Å². The van der Waals surface area contributed by atoms with Gasteiger partial charge in [0.2, 0.25) is 0 Å². The second-order valence-corrected chi connectivity index (χ2v) is 2.44. The minimum absolute atomic E-state index is 0.833. The smallest absolute Gasteiger partial charge is 0.300 e. The van der Waals surface area contributed by atoms with Crippen molar-refractivity contribution in [1.29, 1.82) is 0 Å². The molecule has 3 nitrogen and oxygen atoms in total. The molecule has 0 aromatic carbocycles. The second-order valence-electron chi connectivity index (χ2n) is 2.44. The first-order valence-corrected chi connectivity index (χ1v) is 3.62. The molecule has 0 radical (unpaired) electrons. The first-order valence-electron chi connectivity index (χ1n) is 3.62. The van der Waals surface area contributed by atoms with Crippen molar-refractivity contribution in [2.75, 3.05) is 0 Å².